The lowest BCUT2D eigenvalue weighted by Crippen LogP contribution is -2.50. The minimum atomic E-state index is -1.12. The smallest absolute Gasteiger partial charge is 0.207 e. The Bertz CT molecular complexity index is 972. The summed E-state index contributed by atoms with van der Waals surface area (Å²) in [5.41, 5.74) is 6.55. The quantitative estimate of drug-likeness (QED) is 0.711. The minimum Gasteiger partial charge on any atom is -0.340 e. The van der Waals surface area contributed by atoms with E-state index in [1.54, 1.807) is 4.90 Å². The van der Waals surface area contributed by atoms with Crippen LogP contribution in [0.15, 0.2) is 30.5 Å². The largest absolute Gasteiger partial charge is 0.340 e. The molecule has 1 aliphatic heterocycles. The number of hydrogen-bond donors (Lipinski definition) is 1. The zero-order chi connectivity index (χ0) is 19.1. The summed E-state index contributed by atoms with van der Waals surface area (Å²) >= 11 is 0. The van der Waals surface area contributed by atoms with Crippen LogP contribution in [0.5, 0.6) is 0 Å². The molecule has 2 atom stereocenters. The van der Waals surface area contributed by atoms with Crippen LogP contribution in [0.3, 0.4) is 0 Å². The van der Waals surface area contributed by atoms with Crippen LogP contribution in [-0.2, 0) is 6.54 Å². The number of alkyl halides is 1. The minimum absolute atomic E-state index is 0.0967. The Kier molecular flexibility index (Phi) is 4.47. The summed E-state index contributed by atoms with van der Waals surface area (Å²) in [4.78, 5) is 10.1. The molecular weight excluding hydrogens is 362 g/mol. The molecular formula is C18H17F4N5. The van der Waals surface area contributed by atoms with E-state index in [9.17, 15) is 17.6 Å². The SMILES string of the molecule is N[C@@H]1CN(c2nc3cc(F)cc(F)c3n2Cc2ccc(F)cn2)CC[C@H]1F. The molecule has 0 saturated carbocycles. The number of aromatic nitrogens is 3. The van der Waals surface area contributed by atoms with Crippen LogP contribution in [-0.4, -0.2) is 39.8 Å². The molecule has 4 rings (SSSR count). The Morgan fingerprint density at radius 2 is 1.96 bits per heavy atom. The Morgan fingerprint density at radius 1 is 1.15 bits per heavy atom. The second kappa shape index (κ2) is 6.80. The Morgan fingerprint density at radius 3 is 2.67 bits per heavy atom. The molecule has 0 spiro atoms. The highest BCUT2D eigenvalue weighted by molar-refractivity contribution is 5.80. The van der Waals surface area contributed by atoms with Gasteiger partial charge in [0.1, 0.15) is 23.3 Å². The zero-order valence-corrected chi connectivity index (χ0v) is 14.2. The van der Waals surface area contributed by atoms with Gasteiger partial charge in [-0.15, -0.1) is 0 Å². The molecule has 2 N–H and O–H groups in total. The third-order valence-corrected chi connectivity index (χ3v) is 4.70. The van der Waals surface area contributed by atoms with Gasteiger partial charge in [-0.05, 0) is 18.6 Å². The van der Waals surface area contributed by atoms with Crippen molar-refractivity contribution in [3.05, 3.63) is 53.6 Å². The molecule has 9 heteroatoms. The summed E-state index contributed by atoms with van der Waals surface area (Å²) in [6, 6.07) is 3.95. The molecule has 0 aliphatic carbocycles. The number of piperidine rings is 1. The van der Waals surface area contributed by atoms with Gasteiger partial charge >= 0.3 is 0 Å². The zero-order valence-electron chi connectivity index (χ0n) is 14.2. The number of fused-ring (bicyclic) bond motifs is 1. The highest BCUT2D eigenvalue weighted by Crippen LogP contribution is 2.29. The first kappa shape index (κ1) is 17.7. The van der Waals surface area contributed by atoms with E-state index < -0.39 is 29.7 Å². The van der Waals surface area contributed by atoms with Crippen molar-refractivity contribution in [1.82, 2.24) is 14.5 Å². The van der Waals surface area contributed by atoms with E-state index in [1.165, 1.54) is 16.7 Å². The van der Waals surface area contributed by atoms with Gasteiger partial charge in [-0.2, -0.15) is 0 Å². The van der Waals surface area contributed by atoms with Crippen LogP contribution in [0.25, 0.3) is 11.0 Å². The summed E-state index contributed by atoms with van der Waals surface area (Å²) < 4.78 is 56.6. The van der Waals surface area contributed by atoms with Gasteiger partial charge in [0.05, 0.1) is 30.0 Å². The molecule has 3 aromatic rings. The number of nitrogens with two attached hydrogens (primary N) is 1. The monoisotopic (exact) mass is 379 g/mol. The Hall–Kier alpha value is -2.68. The predicted octanol–water partition coefficient (Wildman–Crippen LogP) is 2.77. The predicted molar refractivity (Wildman–Crippen MR) is 92.6 cm³/mol. The molecule has 0 unspecified atom stereocenters. The lowest BCUT2D eigenvalue weighted by molar-refractivity contribution is 0.243. The first-order chi connectivity index (χ1) is 12.9. The normalized spacial score (nSPS) is 20.4. The van der Waals surface area contributed by atoms with E-state index in [4.69, 9.17) is 5.73 Å². The van der Waals surface area contributed by atoms with Gasteiger partial charge in [-0.25, -0.2) is 22.5 Å². The summed E-state index contributed by atoms with van der Waals surface area (Å²) in [5.74, 6) is -1.65. The fourth-order valence-corrected chi connectivity index (χ4v) is 3.36. The van der Waals surface area contributed by atoms with Gasteiger partial charge in [-0.3, -0.25) is 4.98 Å². The lowest BCUT2D eigenvalue weighted by Gasteiger charge is -2.34. The second-order valence-corrected chi connectivity index (χ2v) is 6.64. The van der Waals surface area contributed by atoms with Crippen LogP contribution < -0.4 is 10.6 Å². The molecule has 1 aliphatic rings. The number of nitrogens with zero attached hydrogens (tertiary/aromatic N) is 4. The number of halogens is 4. The third kappa shape index (κ3) is 3.34. The van der Waals surface area contributed by atoms with Gasteiger partial charge in [-0.1, -0.05) is 0 Å². The molecule has 1 aromatic carbocycles. The summed E-state index contributed by atoms with van der Waals surface area (Å²) in [6.45, 7) is 0.643. The van der Waals surface area contributed by atoms with E-state index in [0.717, 1.165) is 18.3 Å². The van der Waals surface area contributed by atoms with Crippen molar-refractivity contribution >= 4 is 17.0 Å². The number of benzene rings is 1. The average molecular weight is 379 g/mol. The molecule has 1 saturated heterocycles. The van der Waals surface area contributed by atoms with E-state index in [2.05, 4.69) is 9.97 Å². The van der Waals surface area contributed by atoms with Crippen molar-refractivity contribution in [3.8, 4) is 0 Å². The topological polar surface area (TPSA) is 60.0 Å². The number of hydrogen-bond acceptors (Lipinski definition) is 4. The lowest BCUT2D eigenvalue weighted by atomic mass is 10.1. The van der Waals surface area contributed by atoms with Gasteiger partial charge < -0.3 is 15.2 Å². The van der Waals surface area contributed by atoms with E-state index >= 15 is 0 Å². The summed E-state index contributed by atoms with van der Waals surface area (Å²) in [6.07, 6.45) is 0.164. The third-order valence-electron chi connectivity index (χ3n) is 4.70. The van der Waals surface area contributed by atoms with E-state index in [0.29, 0.717) is 18.2 Å². The number of anilines is 1. The Balaban J connectivity index is 1.82. The van der Waals surface area contributed by atoms with Crippen molar-refractivity contribution in [1.29, 1.82) is 0 Å². The van der Waals surface area contributed by atoms with Crippen LogP contribution in [0.4, 0.5) is 23.5 Å². The van der Waals surface area contributed by atoms with Crippen molar-refractivity contribution < 1.29 is 17.6 Å². The van der Waals surface area contributed by atoms with Crippen molar-refractivity contribution in [2.75, 3.05) is 18.0 Å². The molecule has 0 bridgehead atoms. The number of imidazole rings is 1. The fraction of sp³-hybridized carbons (Fsp3) is 0.333. The first-order valence-electron chi connectivity index (χ1n) is 8.52. The molecule has 0 amide bonds. The highest BCUT2D eigenvalue weighted by atomic mass is 19.1. The molecule has 1 fully saturated rings. The van der Waals surface area contributed by atoms with Crippen LogP contribution in [0.1, 0.15) is 12.1 Å². The van der Waals surface area contributed by atoms with Crippen molar-refractivity contribution in [2.24, 2.45) is 5.73 Å². The summed E-state index contributed by atoms with van der Waals surface area (Å²) in [7, 11) is 0. The van der Waals surface area contributed by atoms with Crippen LogP contribution in [0, 0.1) is 17.5 Å². The maximum atomic E-state index is 14.5. The molecule has 3 heterocycles. The standard InChI is InChI=1S/C18H17F4N5/c19-10-1-2-12(24-7-10)8-27-17-14(22)5-11(20)6-16(17)25-18(27)26-4-3-13(21)15(23)9-26/h1-2,5-7,13,15H,3-4,8-9,23H2/t13-,15-/m1/s1. The maximum absolute atomic E-state index is 14.5. The van der Waals surface area contributed by atoms with E-state index in [1.807, 2.05) is 0 Å². The number of pyridine rings is 1. The fourth-order valence-electron chi connectivity index (χ4n) is 3.36. The maximum Gasteiger partial charge on any atom is 0.207 e. The van der Waals surface area contributed by atoms with E-state index in [-0.39, 0.29) is 30.5 Å². The number of rotatable bonds is 3. The van der Waals surface area contributed by atoms with Crippen molar-refractivity contribution in [2.45, 2.75) is 25.2 Å². The van der Waals surface area contributed by atoms with Crippen LogP contribution in [0.2, 0.25) is 0 Å². The highest BCUT2D eigenvalue weighted by Gasteiger charge is 2.30. The average Bonchev–Trinajstić information content (AvgIpc) is 2.97. The molecule has 27 heavy (non-hydrogen) atoms. The van der Waals surface area contributed by atoms with Crippen molar-refractivity contribution in [3.63, 3.8) is 0 Å². The van der Waals surface area contributed by atoms with Gasteiger partial charge in [0, 0.05) is 25.2 Å². The molecule has 5 nitrogen and oxygen atoms in total. The van der Waals surface area contributed by atoms with Crippen LogP contribution >= 0.6 is 0 Å². The van der Waals surface area contributed by atoms with Gasteiger partial charge in [0.25, 0.3) is 0 Å². The molecule has 0 radical (unpaired) electrons. The second-order valence-electron chi connectivity index (χ2n) is 6.64. The first-order valence-corrected chi connectivity index (χ1v) is 8.52. The molecule has 142 valence electrons. The summed E-state index contributed by atoms with van der Waals surface area (Å²) in [5, 5.41) is 0. The van der Waals surface area contributed by atoms with Gasteiger partial charge in [0.15, 0.2) is 5.82 Å². The Labute approximate surface area is 152 Å². The molecule has 2 aromatic heterocycles. The van der Waals surface area contributed by atoms with Gasteiger partial charge in [0.2, 0.25) is 5.95 Å².